The summed E-state index contributed by atoms with van der Waals surface area (Å²) in [4.78, 5) is 26.7. The van der Waals surface area contributed by atoms with E-state index in [0.29, 0.717) is 6.54 Å². The van der Waals surface area contributed by atoms with Gasteiger partial charge in [-0.25, -0.2) is 4.39 Å². The lowest BCUT2D eigenvalue weighted by atomic mass is 9.97. The van der Waals surface area contributed by atoms with E-state index >= 15 is 0 Å². The fraction of sp³-hybridized carbons (Fsp3) is 0.364. The Morgan fingerprint density at radius 3 is 2.41 bits per heavy atom. The number of anilines is 1. The van der Waals surface area contributed by atoms with Crippen molar-refractivity contribution in [3.05, 3.63) is 65.5 Å². The molecule has 0 aliphatic rings. The summed E-state index contributed by atoms with van der Waals surface area (Å²) in [5.74, 6) is -0.621. The first-order chi connectivity index (χ1) is 12.9. The molecule has 0 aromatic heterocycles. The molecular formula is C22H27FN2O2. The van der Waals surface area contributed by atoms with Crippen LogP contribution in [0.2, 0.25) is 0 Å². The van der Waals surface area contributed by atoms with Gasteiger partial charge in [-0.15, -0.1) is 0 Å². The van der Waals surface area contributed by atoms with Gasteiger partial charge in [0, 0.05) is 18.7 Å². The van der Waals surface area contributed by atoms with Crippen molar-refractivity contribution in [2.45, 2.75) is 39.5 Å². The molecule has 1 unspecified atom stereocenters. The van der Waals surface area contributed by atoms with Gasteiger partial charge in [0.2, 0.25) is 11.8 Å². The van der Waals surface area contributed by atoms with Gasteiger partial charge in [-0.2, -0.15) is 0 Å². The first-order valence-corrected chi connectivity index (χ1v) is 9.29. The summed E-state index contributed by atoms with van der Waals surface area (Å²) in [5, 5.41) is 2.87. The molecule has 2 rings (SSSR count). The molecule has 27 heavy (non-hydrogen) atoms. The number of carbonyl (C=O) groups is 2. The number of halogens is 1. The van der Waals surface area contributed by atoms with Gasteiger partial charge in [0.25, 0.3) is 0 Å². The molecule has 2 aromatic rings. The molecule has 0 heterocycles. The summed E-state index contributed by atoms with van der Waals surface area (Å²) < 4.78 is 13.1. The molecule has 0 saturated carbocycles. The number of hydrogen-bond donors (Lipinski definition) is 1. The number of benzene rings is 2. The van der Waals surface area contributed by atoms with Gasteiger partial charge in [-0.3, -0.25) is 9.59 Å². The fourth-order valence-corrected chi connectivity index (χ4v) is 2.94. The molecule has 2 amide bonds. The van der Waals surface area contributed by atoms with Crippen molar-refractivity contribution in [1.29, 1.82) is 0 Å². The lowest BCUT2D eigenvalue weighted by Crippen LogP contribution is -2.39. The number of nitrogens with one attached hydrogen (secondary N) is 1. The minimum absolute atomic E-state index is 0.0249. The number of amides is 2. The van der Waals surface area contributed by atoms with E-state index in [1.54, 1.807) is 17.0 Å². The highest BCUT2D eigenvalue weighted by Crippen LogP contribution is 2.20. The second kappa shape index (κ2) is 9.86. The average Bonchev–Trinajstić information content (AvgIpc) is 2.63. The molecule has 0 bridgehead atoms. The van der Waals surface area contributed by atoms with Gasteiger partial charge in [-0.1, -0.05) is 44.2 Å². The number of carbonyl (C=O) groups excluding carboxylic acids is 2. The van der Waals surface area contributed by atoms with Gasteiger partial charge in [0.05, 0.1) is 6.54 Å². The molecule has 1 N–H and O–H groups in total. The summed E-state index contributed by atoms with van der Waals surface area (Å²) in [6.45, 7) is 6.38. The van der Waals surface area contributed by atoms with Crippen LogP contribution in [-0.4, -0.2) is 29.8 Å². The van der Waals surface area contributed by atoms with Crippen molar-refractivity contribution in [2.24, 2.45) is 0 Å². The molecule has 2 aromatic carbocycles. The Morgan fingerprint density at radius 2 is 1.78 bits per heavy atom. The standard InChI is InChI=1S/C22H27FN2O2/c1-4-13-25(15-21(26)24-20-8-6-5-7-16(20)2)22(27)14-17(3)18-9-11-19(23)12-10-18/h5-12,17H,4,13-15H2,1-3H3,(H,24,26). The van der Waals surface area contributed by atoms with E-state index in [4.69, 9.17) is 0 Å². The lowest BCUT2D eigenvalue weighted by molar-refractivity contribution is -0.135. The minimum Gasteiger partial charge on any atom is -0.333 e. The van der Waals surface area contributed by atoms with Crippen molar-refractivity contribution in [2.75, 3.05) is 18.4 Å². The highest BCUT2D eigenvalue weighted by molar-refractivity contribution is 5.95. The van der Waals surface area contributed by atoms with E-state index in [1.807, 2.05) is 45.0 Å². The molecule has 0 aliphatic heterocycles. The van der Waals surface area contributed by atoms with Crippen LogP contribution in [0.15, 0.2) is 48.5 Å². The predicted octanol–water partition coefficient (Wildman–Crippen LogP) is 4.51. The van der Waals surface area contributed by atoms with E-state index in [-0.39, 0.29) is 36.5 Å². The van der Waals surface area contributed by atoms with Crippen molar-refractivity contribution >= 4 is 17.5 Å². The Labute approximate surface area is 160 Å². The third kappa shape index (κ3) is 6.20. The first-order valence-electron chi connectivity index (χ1n) is 9.29. The maximum Gasteiger partial charge on any atom is 0.244 e. The van der Waals surface area contributed by atoms with Crippen LogP contribution >= 0.6 is 0 Å². The van der Waals surface area contributed by atoms with Gasteiger partial charge in [0.15, 0.2) is 0 Å². The molecule has 5 heteroatoms. The predicted molar refractivity (Wildman–Crippen MR) is 106 cm³/mol. The van der Waals surface area contributed by atoms with Crippen LogP contribution in [0.5, 0.6) is 0 Å². The van der Waals surface area contributed by atoms with Crippen LogP contribution in [0.3, 0.4) is 0 Å². The summed E-state index contributed by atoms with van der Waals surface area (Å²) in [6, 6.07) is 13.7. The smallest absolute Gasteiger partial charge is 0.244 e. The van der Waals surface area contributed by atoms with Crippen LogP contribution in [0.1, 0.15) is 43.7 Å². The normalized spacial score (nSPS) is 11.7. The first kappa shape index (κ1) is 20.6. The molecule has 4 nitrogen and oxygen atoms in total. The third-order valence-corrected chi connectivity index (χ3v) is 4.52. The molecule has 0 fully saturated rings. The lowest BCUT2D eigenvalue weighted by Gasteiger charge is -2.23. The summed E-state index contributed by atoms with van der Waals surface area (Å²) in [6.07, 6.45) is 1.05. The molecule has 144 valence electrons. The molecule has 0 spiro atoms. The SMILES string of the molecule is CCCN(CC(=O)Nc1ccccc1C)C(=O)CC(C)c1ccc(F)cc1. The van der Waals surface area contributed by atoms with Crippen LogP contribution in [0.4, 0.5) is 10.1 Å². The van der Waals surface area contributed by atoms with E-state index in [2.05, 4.69) is 5.32 Å². The van der Waals surface area contributed by atoms with Gasteiger partial charge < -0.3 is 10.2 Å². The number of nitrogens with zero attached hydrogens (tertiary/aromatic N) is 1. The maximum absolute atomic E-state index is 13.1. The van der Waals surface area contributed by atoms with E-state index in [0.717, 1.165) is 23.2 Å². The number of rotatable bonds is 8. The molecular weight excluding hydrogens is 343 g/mol. The fourth-order valence-electron chi connectivity index (χ4n) is 2.94. The van der Waals surface area contributed by atoms with Crippen LogP contribution in [0, 0.1) is 12.7 Å². The maximum atomic E-state index is 13.1. The van der Waals surface area contributed by atoms with E-state index < -0.39 is 0 Å². The van der Waals surface area contributed by atoms with E-state index in [9.17, 15) is 14.0 Å². The van der Waals surface area contributed by atoms with Gasteiger partial charge in [-0.05, 0) is 48.6 Å². The molecule has 0 aliphatic carbocycles. The number of para-hydroxylation sites is 1. The number of hydrogen-bond acceptors (Lipinski definition) is 2. The highest BCUT2D eigenvalue weighted by Gasteiger charge is 2.20. The zero-order chi connectivity index (χ0) is 19.8. The average molecular weight is 370 g/mol. The number of aryl methyl sites for hydroxylation is 1. The summed E-state index contributed by atoms with van der Waals surface area (Å²) >= 11 is 0. The van der Waals surface area contributed by atoms with Crippen molar-refractivity contribution < 1.29 is 14.0 Å². The molecule has 0 saturated heterocycles. The Kier molecular flexibility index (Phi) is 7.53. The van der Waals surface area contributed by atoms with E-state index in [1.165, 1.54) is 12.1 Å². The zero-order valence-electron chi connectivity index (χ0n) is 16.2. The quantitative estimate of drug-likeness (QED) is 0.743. The molecule has 1 atom stereocenters. The minimum atomic E-state index is -0.294. The van der Waals surface area contributed by atoms with Crippen molar-refractivity contribution in [1.82, 2.24) is 4.90 Å². The Hall–Kier alpha value is -2.69. The summed E-state index contributed by atoms with van der Waals surface area (Å²) in [7, 11) is 0. The largest absolute Gasteiger partial charge is 0.333 e. The third-order valence-electron chi connectivity index (χ3n) is 4.52. The Balaban J connectivity index is 1.98. The second-order valence-electron chi connectivity index (χ2n) is 6.84. The van der Waals surface area contributed by atoms with Gasteiger partial charge in [0.1, 0.15) is 5.82 Å². The second-order valence-corrected chi connectivity index (χ2v) is 6.84. The topological polar surface area (TPSA) is 49.4 Å². The van der Waals surface area contributed by atoms with Crippen molar-refractivity contribution in [3.63, 3.8) is 0 Å². The highest BCUT2D eigenvalue weighted by atomic mass is 19.1. The molecule has 0 radical (unpaired) electrons. The van der Waals surface area contributed by atoms with Gasteiger partial charge >= 0.3 is 0 Å². The van der Waals surface area contributed by atoms with Crippen LogP contribution in [-0.2, 0) is 9.59 Å². The van der Waals surface area contributed by atoms with Crippen LogP contribution < -0.4 is 5.32 Å². The Morgan fingerprint density at radius 1 is 1.11 bits per heavy atom. The zero-order valence-corrected chi connectivity index (χ0v) is 16.2. The van der Waals surface area contributed by atoms with Crippen LogP contribution in [0.25, 0.3) is 0 Å². The Bertz CT molecular complexity index is 774. The van der Waals surface area contributed by atoms with Crippen molar-refractivity contribution in [3.8, 4) is 0 Å². The monoisotopic (exact) mass is 370 g/mol. The summed E-state index contributed by atoms with van der Waals surface area (Å²) in [5.41, 5.74) is 2.64.